The summed E-state index contributed by atoms with van der Waals surface area (Å²) in [5.74, 6) is 0.461. The number of carbonyl (C=O) groups is 1. The van der Waals surface area contributed by atoms with Crippen molar-refractivity contribution in [1.82, 2.24) is 5.32 Å². The molecule has 0 bridgehead atoms. The van der Waals surface area contributed by atoms with Crippen molar-refractivity contribution in [3.63, 3.8) is 0 Å². The van der Waals surface area contributed by atoms with Gasteiger partial charge in [0.2, 0.25) is 0 Å². The van der Waals surface area contributed by atoms with Gasteiger partial charge < -0.3 is 25.2 Å². The fourth-order valence-electron chi connectivity index (χ4n) is 4.23. The number of rotatable bonds is 9. The molecule has 0 aliphatic carbocycles. The van der Waals surface area contributed by atoms with Crippen molar-refractivity contribution in [1.29, 1.82) is 0 Å². The highest BCUT2D eigenvalue weighted by molar-refractivity contribution is 6.31. The van der Waals surface area contributed by atoms with E-state index in [4.69, 9.17) is 21.1 Å². The molecule has 0 spiro atoms. The Kier molecular flexibility index (Phi) is 8.20. The van der Waals surface area contributed by atoms with Crippen molar-refractivity contribution in [2.75, 3.05) is 18.5 Å². The Morgan fingerprint density at radius 1 is 1.11 bits per heavy atom. The molecule has 10 heteroatoms. The lowest BCUT2D eigenvalue weighted by molar-refractivity contribution is -0.137. The van der Waals surface area contributed by atoms with E-state index < -0.39 is 23.4 Å². The van der Waals surface area contributed by atoms with Crippen molar-refractivity contribution in [3.8, 4) is 11.5 Å². The Morgan fingerprint density at radius 2 is 1.84 bits per heavy atom. The molecule has 0 radical (unpaired) electrons. The summed E-state index contributed by atoms with van der Waals surface area (Å²) >= 11 is 5.74. The number of anilines is 1. The minimum absolute atomic E-state index is 0.0681. The minimum Gasteiger partial charge on any atom is -0.489 e. The lowest BCUT2D eigenvalue weighted by Gasteiger charge is -2.30. The maximum absolute atomic E-state index is 13.3. The predicted octanol–water partition coefficient (Wildman–Crippen LogP) is 5.91. The maximum atomic E-state index is 13.3. The lowest BCUT2D eigenvalue weighted by Crippen LogP contribution is -2.43. The van der Waals surface area contributed by atoms with Crippen molar-refractivity contribution in [3.05, 3.63) is 87.9 Å². The van der Waals surface area contributed by atoms with Gasteiger partial charge in [-0.25, -0.2) is 0 Å². The topological polar surface area (TPSA) is 79.8 Å². The number of β-amino-alcohol motifs (C(OH)–C–C–N with tert-alkyl or cyclic N) is 1. The van der Waals surface area contributed by atoms with Crippen LogP contribution >= 0.6 is 11.6 Å². The molecule has 0 saturated carbocycles. The molecule has 3 N–H and O–H groups in total. The molecule has 4 rings (SSSR count). The number of benzene rings is 3. The predicted molar refractivity (Wildman–Crippen MR) is 139 cm³/mol. The monoisotopic (exact) mass is 548 g/mol. The number of alkyl halides is 3. The number of nitrogens with one attached hydrogen (secondary N) is 2. The number of aliphatic hydroxyl groups excluding tert-OH is 1. The molecule has 0 aromatic heterocycles. The van der Waals surface area contributed by atoms with Crippen LogP contribution in [0.2, 0.25) is 5.02 Å². The number of amides is 1. The van der Waals surface area contributed by atoms with Gasteiger partial charge >= 0.3 is 6.18 Å². The number of hydrogen-bond donors (Lipinski definition) is 3. The third-order valence-electron chi connectivity index (χ3n) is 6.08. The van der Waals surface area contributed by atoms with Crippen molar-refractivity contribution >= 4 is 23.2 Å². The molecule has 3 aromatic carbocycles. The van der Waals surface area contributed by atoms with Gasteiger partial charge in [-0.3, -0.25) is 4.79 Å². The third-order valence-corrected chi connectivity index (χ3v) is 6.41. The van der Waals surface area contributed by atoms with Gasteiger partial charge in [-0.1, -0.05) is 48.0 Å². The summed E-state index contributed by atoms with van der Waals surface area (Å²) in [6.07, 6.45) is -5.36. The molecule has 6 nitrogen and oxygen atoms in total. The lowest BCUT2D eigenvalue weighted by atomic mass is 9.93. The standard InChI is InChI=1S/C28H28ClF3N2O4/c1-27(2,13-18-8-9-22(29)21(10-18)28(30,31)32)33-14-24(35)20-11-19(37-15-17-6-4-3-5-7-17)12-23-26(20)38-16-25(36)34-23/h3-12,24,33,35H,13-16H2,1-2H3,(H,34,36). The quantitative estimate of drug-likeness (QED) is 0.310. The number of fused-ring (bicyclic) bond motifs is 1. The summed E-state index contributed by atoms with van der Waals surface area (Å²) < 4.78 is 51.3. The molecule has 1 aliphatic rings. The van der Waals surface area contributed by atoms with Gasteiger partial charge in [-0.05, 0) is 49.6 Å². The maximum Gasteiger partial charge on any atom is 0.417 e. The zero-order valence-corrected chi connectivity index (χ0v) is 21.6. The first kappa shape index (κ1) is 27.8. The van der Waals surface area contributed by atoms with E-state index in [9.17, 15) is 23.1 Å². The number of aliphatic hydroxyl groups is 1. The Labute approximate surface area is 223 Å². The summed E-state index contributed by atoms with van der Waals surface area (Å²) in [6.45, 7) is 3.82. The molecule has 1 unspecified atom stereocenters. The van der Waals surface area contributed by atoms with Crippen LogP contribution in [-0.4, -0.2) is 29.7 Å². The molecule has 1 aliphatic heterocycles. The first-order chi connectivity index (χ1) is 17.9. The first-order valence-corrected chi connectivity index (χ1v) is 12.3. The summed E-state index contributed by atoms with van der Waals surface area (Å²) in [5, 5.41) is 16.7. The summed E-state index contributed by atoms with van der Waals surface area (Å²) in [4.78, 5) is 11.9. The SMILES string of the molecule is CC(C)(Cc1ccc(Cl)c(C(F)(F)F)c1)NCC(O)c1cc(OCc2ccccc2)cc2c1OCC(=O)N2. The van der Waals surface area contributed by atoms with E-state index >= 15 is 0 Å². The van der Waals surface area contributed by atoms with Crippen LogP contribution in [0.4, 0.5) is 18.9 Å². The van der Waals surface area contributed by atoms with Gasteiger partial charge in [-0.15, -0.1) is 0 Å². The van der Waals surface area contributed by atoms with Crippen LogP contribution in [0, 0.1) is 0 Å². The molecule has 1 amide bonds. The molecular formula is C28H28ClF3N2O4. The highest BCUT2D eigenvalue weighted by atomic mass is 35.5. The van der Waals surface area contributed by atoms with E-state index in [1.54, 1.807) is 18.2 Å². The second-order valence-corrected chi connectivity index (χ2v) is 10.2. The number of carbonyl (C=O) groups excluding carboxylic acids is 1. The average molecular weight is 549 g/mol. The Bertz CT molecular complexity index is 1300. The van der Waals surface area contributed by atoms with Crippen LogP contribution in [0.1, 0.15) is 42.2 Å². The normalized spacial score (nSPS) is 14.3. The zero-order chi connectivity index (χ0) is 27.5. The van der Waals surface area contributed by atoms with Gasteiger partial charge in [0.05, 0.1) is 22.4 Å². The second kappa shape index (κ2) is 11.2. The van der Waals surface area contributed by atoms with E-state index in [2.05, 4.69) is 10.6 Å². The van der Waals surface area contributed by atoms with Gasteiger partial charge in [0.1, 0.15) is 18.1 Å². The van der Waals surface area contributed by atoms with Gasteiger partial charge in [0.25, 0.3) is 5.91 Å². The molecule has 1 heterocycles. The molecule has 202 valence electrons. The largest absolute Gasteiger partial charge is 0.489 e. The van der Waals surface area contributed by atoms with Crippen LogP contribution in [0.3, 0.4) is 0 Å². The molecule has 38 heavy (non-hydrogen) atoms. The van der Waals surface area contributed by atoms with Gasteiger partial charge in [-0.2, -0.15) is 13.2 Å². The highest BCUT2D eigenvalue weighted by Gasteiger charge is 2.34. The van der Waals surface area contributed by atoms with Crippen molar-refractivity contribution in [2.24, 2.45) is 0 Å². The van der Waals surface area contributed by atoms with Gasteiger partial charge in [0.15, 0.2) is 6.61 Å². The van der Waals surface area contributed by atoms with Gasteiger partial charge in [0, 0.05) is 23.7 Å². The molecule has 0 saturated heterocycles. The molecule has 1 atom stereocenters. The number of halogens is 4. The smallest absolute Gasteiger partial charge is 0.417 e. The molecular weight excluding hydrogens is 521 g/mol. The molecule has 0 fully saturated rings. The zero-order valence-electron chi connectivity index (χ0n) is 20.9. The van der Waals surface area contributed by atoms with E-state index in [0.29, 0.717) is 28.3 Å². The van der Waals surface area contributed by atoms with Crippen LogP contribution in [-0.2, 0) is 24.0 Å². The van der Waals surface area contributed by atoms with E-state index in [-0.39, 0.29) is 37.1 Å². The third kappa shape index (κ3) is 6.98. The molecule has 3 aromatic rings. The summed E-state index contributed by atoms with van der Waals surface area (Å²) in [6, 6.07) is 16.7. The van der Waals surface area contributed by atoms with E-state index in [1.807, 2.05) is 44.2 Å². The van der Waals surface area contributed by atoms with Crippen molar-refractivity contribution in [2.45, 2.75) is 44.7 Å². The van der Waals surface area contributed by atoms with Crippen molar-refractivity contribution < 1.29 is 32.5 Å². The van der Waals surface area contributed by atoms with E-state index in [0.717, 1.165) is 11.6 Å². The summed E-state index contributed by atoms with van der Waals surface area (Å²) in [5.41, 5.74) is 0.653. The summed E-state index contributed by atoms with van der Waals surface area (Å²) in [7, 11) is 0. The van der Waals surface area contributed by atoms with Crippen LogP contribution < -0.4 is 20.1 Å². The Hall–Kier alpha value is -3.27. The number of ether oxygens (including phenoxy) is 2. The first-order valence-electron chi connectivity index (χ1n) is 12.0. The second-order valence-electron chi connectivity index (χ2n) is 9.77. The fraction of sp³-hybridized carbons (Fsp3) is 0.321. The fourth-order valence-corrected chi connectivity index (χ4v) is 4.45. The average Bonchev–Trinajstić information content (AvgIpc) is 2.86. The number of hydrogen-bond acceptors (Lipinski definition) is 5. The minimum atomic E-state index is -4.55. The van der Waals surface area contributed by atoms with Crippen LogP contribution in [0.15, 0.2) is 60.7 Å². The highest BCUT2D eigenvalue weighted by Crippen LogP contribution is 2.40. The van der Waals surface area contributed by atoms with E-state index in [1.165, 1.54) is 6.07 Å². The van der Waals surface area contributed by atoms with Crippen LogP contribution in [0.5, 0.6) is 11.5 Å². The Balaban J connectivity index is 1.49. The van der Waals surface area contributed by atoms with Crippen LogP contribution in [0.25, 0.3) is 0 Å². The Morgan fingerprint density at radius 3 is 2.55 bits per heavy atom.